The molecule has 0 fully saturated rings. The van der Waals surface area contributed by atoms with E-state index in [1.807, 2.05) is 54.6 Å². The molecule has 0 unspecified atom stereocenters. The quantitative estimate of drug-likeness (QED) is 0.440. The van der Waals surface area contributed by atoms with Crippen LogP contribution in [0.5, 0.6) is 5.75 Å². The highest BCUT2D eigenvalue weighted by molar-refractivity contribution is 6.03. The van der Waals surface area contributed by atoms with E-state index in [9.17, 15) is 9.59 Å². The third kappa shape index (κ3) is 3.64. The van der Waals surface area contributed by atoms with E-state index in [0.717, 1.165) is 39.1 Å². The average Bonchev–Trinajstić information content (AvgIpc) is 3.16. The molecule has 0 saturated heterocycles. The lowest BCUT2D eigenvalue weighted by molar-refractivity contribution is 0.0600. The van der Waals surface area contributed by atoms with E-state index in [4.69, 9.17) is 9.47 Å². The lowest BCUT2D eigenvalue weighted by atomic mass is 9.88. The van der Waals surface area contributed by atoms with Crippen molar-refractivity contribution in [2.75, 3.05) is 13.7 Å². The average molecular weight is 398 g/mol. The first-order valence-electron chi connectivity index (χ1n) is 9.75. The van der Waals surface area contributed by atoms with Crippen molar-refractivity contribution in [1.82, 2.24) is 0 Å². The number of benzene rings is 3. The molecule has 1 heterocycles. The number of ether oxygens (including phenoxy) is 2. The summed E-state index contributed by atoms with van der Waals surface area (Å²) < 4.78 is 10.8. The van der Waals surface area contributed by atoms with E-state index in [1.165, 1.54) is 7.11 Å². The molecule has 3 aromatic carbocycles. The van der Waals surface area contributed by atoms with E-state index in [0.29, 0.717) is 17.7 Å². The van der Waals surface area contributed by atoms with E-state index in [2.05, 4.69) is 13.0 Å². The third-order valence-electron chi connectivity index (χ3n) is 5.29. The highest BCUT2D eigenvalue weighted by Crippen LogP contribution is 2.41. The highest BCUT2D eigenvalue weighted by atomic mass is 16.5. The number of rotatable bonds is 4. The second-order valence-corrected chi connectivity index (χ2v) is 7.35. The van der Waals surface area contributed by atoms with Crippen LogP contribution < -0.4 is 4.74 Å². The number of esters is 1. The van der Waals surface area contributed by atoms with E-state index in [1.54, 1.807) is 13.0 Å². The Morgan fingerprint density at radius 3 is 2.27 bits per heavy atom. The third-order valence-corrected chi connectivity index (χ3v) is 5.29. The van der Waals surface area contributed by atoms with Gasteiger partial charge in [-0.1, -0.05) is 48.0 Å². The van der Waals surface area contributed by atoms with Crippen molar-refractivity contribution in [1.29, 1.82) is 0 Å². The van der Waals surface area contributed by atoms with Gasteiger partial charge in [0.1, 0.15) is 12.4 Å². The van der Waals surface area contributed by atoms with Gasteiger partial charge in [-0.2, -0.15) is 0 Å². The molecule has 0 amide bonds. The lowest BCUT2D eigenvalue weighted by Gasteiger charge is -2.14. The summed E-state index contributed by atoms with van der Waals surface area (Å²) in [5.74, 6) is 0.484. The predicted molar refractivity (Wildman–Crippen MR) is 117 cm³/mol. The number of hydrogen-bond donors (Lipinski definition) is 0. The fourth-order valence-electron chi connectivity index (χ4n) is 3.75. The molecule has 4 nitrogen and oxygen atoms in total. The normalized spacial score (nSPS) is 14.0. The molecule has 0 aromatic heterocycles. The molecular formula is C26H22O4. The molecule has 3 aromatic rings. The van der Waals surface area contributed by atoms with Crippen molar-refractivity contribution in [2.24, 2.45) is 0 Å². The summed E-state index contributed by atoms with van der Waals surface area (Å²) in [6.45, 7) is 4.04. The molecular weight excluding hydrogens is 376 g/mol. The van der Waals surface area contributed by atoms with Crippen molar-refractivity contribution in [3.8, 4) is 5.75 Å². The Hall–Kier alpha value is -3.66. The number of Topliss-reactive ketones (excluding diaryl/α,β-unsaturated/α-hetero) is 1. The zero-order chi connectivity index (χ0) is 21.3. The summed E-state index contributed by atoms with van der Waals surface area (Å²) in [6, 6.07) is 21.1. The summed E-state index contributed by atoms with van der Waals surface area (Å²) in [6.07, 6.45) is 0. The van der Waals surface area contributed by atoms with E-state index < -0.39 is 0 Å². The molecule has 0 saturated carbocycles. The summed E-state index contributed by atoms with van der Waals surface area (Å²) in [4.78, 5) is 23.8. The van der Waals surface area contributed by atoms with Crippen LogP contribution in [0.1, 0.15) is 49.9 Å². The van der Waals surface area contributed by atoms with E-state index in [-0.39, 0.29) is 11.8 Å². The highest BCUT2D eigenvalue weighted by Gasteiger charge is 2.24. The molecule has 0 atom stereocenters. The Morgan fingerprint density at radius 1 is 0.867 bits per heavy atom. The summed E-state index contributed by atoms with van der Waals surface area (Å²) in [5, 5.41) is 0. The molecule has 0 bridgehead atoms. The minimum absolute atomic E-state index is 0.0219. The minimum atomic E-state index is -0.382. The maximum absolute atomic E-state index is 12.1. The largest absolute Gasteiger partial charge is 0.488 e. The van der Waals surface area contributed by atoms with Crippen LogP contribution in [0.3, 0.4) is 0 Å². The van der Waals surface area contributed by atoms with Crippen LogP contribution in [0.2, 0.25) is 0 Å². The Morgan fingerprint density at radius 2 is 1.57 bits per heavy atom. The lowest BCUT2D eigenvalue weighted by Crippen LogP contribution is -2.03. The Labute approximate surface area is 175 Å². The molecule has 0 N–H and O–H groups in total. The first kappa shape index (κ1) is 19.6. The molecule has 0 spiro atoms. The summed E-state index contributed by atoms with van der Waals surface area (Å²) in [7, 11) is 1.37. The molecule has 150 valence electrons. The van der Waals surface area contributed by atoms with Crippen molar-refractivity contribution in [3.63, 3.8) is 0 Å². The van der Waals surface area contributed by atoms with E-state index >= 15 is 0 Å². The minimum Gasteiger partial charge on any atom is -0.488 e. The molecule has 4 rings (SSSR count). The first-order chi connectivity index (χ1) is 14.5. The van der Waals surface area contributed by atoms with Gasteiger partial charge in [-0.15, -0.1) is 0 Å². The van der Waals surface area contributed by atoms with Gasteiger partial charge < -0.3 is 9.47 Å². The van der Waals surface area contributed by atoms with Crippen LogP contribution in [-0.2, 0) is 4.74 Å². The van der Waals surface area contributed by atoms with Crippen molar-refractivity contribution < 1.29 is 19.1 Å². The summed E-state index contributed by atoms with van der Waals surface area (Å²) >= 11 is 0. The fourth-order valence-corrected chi connectivity index (χ4v) is 3.75. The number of aryl methyl sites for hydroxylation is 1. The van der Waals surface area contributed by atoms with Crippen LogP contribution in [-0.4, -0.2) is 25.5 Å². The van der Waals surface area contributed by atoms with Crippen LogP contribution >= 0.6 is 0 Å². The molecule has 1 aliphatic rings. The van der Waals surface area contributed by atoms with Gasteiger partial charge in [-0.3, -0.25) is 4.79 Å². The van der Waals surface area contributed by atoms with Gasteiger partial charge in [0.25, 0.3) is 0 Å². The van der Waals surface area contributed by atoms with Gasteiger partial charge in [0, 0.05) is 16.7 Å². The second kappa shape index (κ2) is 7.99. The second-order valence-electron chi connectivity index (χ2n) is 7.35. The number of fused-ring (bicyclic) bond motifs is 1. The SMILES string of the molecule is COC(=O)c1cccc(/C(=C2/COc3ccc(C)cc32)c2ccc(C(C)=O)cc2)c1. The molecule has 0 aliphatic carbocycles. The monoisotopic (exact) mass is 398 g/mol. The molecule has 1 aliphatic heterocycles. The summed E-state index contributed by atoms with van der Waals surface area (Å²) in [5.41, 5.74) is 7.19. The van der Waals surface area contributed by atoms with Crippen LogP contribution in [0, 0.1) is 6.92 Å². The van der Waals surface area contributed by atoms with Crippen LogP contribution in [0.15, 0.2) is 66.7 Å². The number of hydrogen-bond acceptors (Lipinski definition) is 4. The molecule has 0 radical (unpaired) electrons. The molecule has 30 heavy (non-hydrogen) atoms. The number of methoxy groups -OCH3 is 1. The number of carbonyl (C=O) groups excluding carboxylic acids is 2. The zero-order valence-corrected chi connectivity index (χ0v) is 17.2. The topological polar surface area (TPSA) is 52.6 Å². The first-order valence-corrected chi connectivity index (χ1v) is 9.75. The van der Waals surface area contributed by atoms with Gasteiger partial charge >= 0.3 is 5.97 Å². The number of carbonyl (C=O) groups is 2. The number of ketones is 1. The Bertz CT molecular complexity index is 1170. The maximum atomic E-state index is 12.1. The van der Waals surface area contributed by atoms with Crippen LogP contribution in [0.4, 0.5) is 0 Å². The Kier molecular flexibility index (Phi) is 5.23. The molecule has 4 heteroatoms. The standard InChI is InChI=1S/C26H22O4/c1-16-7-12-24-22(13-16)23(15-30-24)25(19-10-8-18(9-11-19)17(2)27)20-5-4-6-21(14-20)26(28)29-3/h4-14H,15H2,1-3H3/b25-23-. The van der Waals surface area contributed by atoms with Crippen LogP contribution in [0.25, 0.3) is 11.1 Å². The predicted octanol–water partition coefficient (Wildman–Crippen LogP) is 5.34. The van der Waals surface area contributed by atoms with Crippen molar-refractivity contribution in [2.45, 2.75) is 13.8 Å². The van der Waals surface area contributed by atoms with Gasteiger partial charge in [0.05, 0.1) is 12.7 Å². The van der Waals surface area contributed by atoms with Gasteiger partial charge in [-0.05, 0) is 54.8 Å². The van der Waals surface area contributed by atoms with Crippen molar-refractivity contribution in [3.05, 3.63) is 100 Å². The van der Waals surface area contributed by atoms with Gasteiger partial charge in [0.15, 0.2) is 5.78 Å². The van der Waals surface area contributed by atoms with Gasteiger partial charge in [-0.25, -0.2) is 4.79 Å². The smallest absolute Gasteiger partial charge is 0.337 e. The van der Waals surface area contributed by atoms with Crippen molar-refractivity contribution >= 4 is 22.9 Å². The fraction of sp³-hybridized carbons (Fsp3) is 0.154. The Balaban J connectivity index is 1.95. The van der Waals surface area contributed by atoms with Gasteiger partial charge in [0.2, 0.25) is 0 Å². The maximum Gasteiger partial charge on any atom is 0.337 e. The zero-order valence-electron chi connectivity index (χ0n) is 17.2.